The highest BCUT2D eigenvalue weighted by Gasteiger charge is 2.20. The number of nitro benzene ring substituents is 1. The first-order valence-electron chi connectivity index (χ1n) is 6.47. The van der Waals surface area contributed by atoms with Crippen LogP contribution in [0.1, 0.15) is 18.0 Å². The van der Waals surface area contributed by atoms with E-state index in [0.717, 1.165) is 17.9 Å². The topological polar surface area (TPSA) is 55.2 Å². The summed E-state index contributed by atoms with van der Waals surface area (Å²) < 4.78 is 0. The average molecular weight is 286 g/mol. The fourth-order valence-electron chi connectivity index (χ4n) is 2.40. The van der Waals surface area contributed by atoms with Crippen molar-refractivity contribution in [2.75, 3.05) is 11.1 Å². The lowest BCUT2D eigenvalue weighted by atomic mass is 10.0. The largest absolute Gasteiger partial charge is 0.378 e. The predicted octanol–water partition coefficient (Wildman–Crippen LogP) is 4.24. The van der Waals surface area contributed by atoms with Gasteiger partial charge in [-0.3, -0.25) is 10.1 Å². The third-order valence-corrected chi connectivity index (χ3v) is 4.48. The number of fused-ring (bicyclic) bond motifs is 1. The first-order valence-corrected chi connectivity index (χ1v) is 7.45. The van der Waals surface area contributed by atoms with Gasteiger partial charge < -0.3 is 5.32 Å². The monoisotopic (exact) mass is 286 g/mol. The molecule has 102 valence electrons. The third kappa shape index (κ3) is 2.63. The van der Waals surface area contributed by atoms with Crippen LogP contribution in [0.2, 0.25) is 0 Å². The number of nitro groups is 1. The molecule has 0 spiro atoms. The molecule has 3 rings (SSSR count). The van der Waals surface area contributed by atoms with Crippen molar-refractivity contribution in [2.24, 2.45) is 0 Å². The van der Waals surface area contributed by atoms with Crippen molar-refractivity contribution in [3.8, 4) is 0 Å². The van der Waals surface area contributed by atoms with Crippen LogP contribution in [0.4, 0.5) is 11.4 Å². The van der Waals surface area contributed by atoms with Crippen LogP contribution in [0, 0.1) is 10.1 Å². The highest BCUT2D eigenvalue weighted by Crippen LogP contribution is 2.37. The first kappa shape index (κ1) is 13.0. The van der Waals surface area contributed by atoms with Crippen LogP contribution in [0.5, 0.6) is 0 Å². The molecule has 1 N–H and O–H groups in total. The molecule has 0 saturated heterocycles. The highest BCUT2D eigenvalue weighted by atomic mass is 32.2. The Balaban J connectivity index is 1.85. The molecule has 0 aromatic heterocycles. The van der Waals surface area contributed by atoms with Gasteiger partial charge in [-0.2, -0.15) is 0 Å². The fourth-order valence-corrected chi connectivity index (χ4v) is 3.53. The second kappa shape index (κ2) is 5.54. The molecule has 2 aromatic rings. The summed E-state index contributed by atoms with van der Waals surface area (Å²) in [6, 6.07) is 15.2. The zero-order valence-corrected chi connectivity index (χ0v) is 11.6. The van der Waals surface area contributed by atoms with Gasteiger partial charge in [0.1, 0.15) is 0 Å². The number of thioether (sulfide) groups is 1. The molecule has 20 heavy (non-hydrogen) atoms. The van der Waals surface area contributed by atoms with E-state index in [4.69, 9.17) is 0 Å². The Kier molecular flexibility index (Phi) is 3.60. The Bertz CT molecular complexity index is 645. The van der Waals surface area contributed by atoms with Crippen LogP contribution in [0.3, 0.4) is 0 Å². The van der Waals surface area contributed by atoms with E-state index in [1.165, 1.54) is 16.5 Å². The van der Waals surface area contributed by atoms with Crippen molar-refractivity contribution in [1.29, 1.82) is 0 Å². The first-order chi connectivity index (χ1) is 9.74. The molecule has 0 fully saturated rings. The zero-order valence-electron chi connectivity index (χ0n) is 10.8. The second-order valence-electron chi connectivity index (χ2n) is 4.68. The normalized spacial score (nSPS) is 17.3. The second-order valence-corrected chi connectivity index (χ2v) is 5.82. The van der Waals surface area contributed by atoms with E-state index < -0.39 is 0 Å². The Labute approximate surface area is 121 Å². The van der Waals surface area contributed by atoms with Crippen molar-refractivity contribution in [3.05, 3.63) is 64.2 Å². The van der Waals surface area contributed by atoms with E-state index in [9.17, 15) is 10.1 Å². The number of hydrogen-bond donors (Lipinski definition) is 1. The standard InChI is InChI=1S/C15H14N2O2S/c18-17(19)12-5-3-4-11(10-12)16-14-8-9-20-15-7-2-1-6-13(14)15/h1-7,10,14,16H,8-9H2. The summed E-state index contributed by atoms with van der Waals surface area (Å²) in [7, 11) is 0. The predicted molar refractivity (Wildman–Crippen MR) is 81.2 cm³/mol. The molecule has 0 amide bonds. The zero-order chi connectivity index (χ0) is 13.9. The summed E-state index contributed by atoms with van der Waals surface area (Å²) in [6.45, 7) is 0. The Morgan fingerprint density at radius 1 is 1.20 bits per heavy atom. The number of hydrogen-bond acceptors (Lipinski definition) is 4. The minimum atomic E-state index is -0.365. The smallest absolute Gasteiger partial charge is 0.271 e. The fraction of sp³-hybridized carbons (Fsp3) is 0.200. The number of anilines is 1. The molecule has 2 aromatic carbocycles. The van der Waals surface area contributed by atoms with Crippen LogP contribution < -0.4 is 5.32 Å². The molecule has 1 aliphatic heterocycles. The Morgan fingerprint density at radius 3 is 2.90 bits per heavy atom. The SMILES string of the molecule is O=[N+]([O-])c1cccc(NC2CCSc3ccccc32)c1. The Morgan fingerprint density at radius 2 is 2.05 bits per heavy atom. The van der Waals surface area contributed by atoms with Gasteiger partial charge in [0, 0.05) is 28.5 Å². The Hall–Kier alpha value is -2.01. The lowest BCUT2D eigenvalue weighted by molar-refractivity contribution is -0.384. The van der Waals surface area contributed by atoms with E-state index in [0.29, 0.717) is 0 Å². The number of benzene rings is 2. The third-order valence-electron chi connectivity index (χ3n) is 3.36. The van der Waals surface area contributed by atoms with Crippen molar-refractivity contribution in [2.45, 2.75) is 17.4 Å². The van der Waals surface area contributed by atoms with Gasteiger partial charge in [-0.15, -0.1) is 11.8 Å². The molecule has 1 heterocycles. The molecule has 1 unspecified atom stereocenters. The maximum atomic E-state index is 10.8. The van der Waals surface area contributed by atoms with Gasteiger partial charge in [-0.1, -0.05) is 24.3 Å². The number of nitrogens with one attached hydrogen (secondary N) is 1. The van der Waals surface area contributed by atoms with E-state index >= 15 is 0 Å². The van der Waals surface area contributed by atoms with Gasteiger partial charge in [0.25, 0.3) is 5.69 Å². The lowest BCUT2D eigenvalue weighted by Crippen LogP contribution is -2.16. The van der Waals surface area contributed by atoms with Crippen LogP contribution in [0.15, 0.2) is 53.4 Å². The molecule has 0 aliphatic carbocycles. The van der Waals surface area contributed by atoms with Gasteiger partial charge in [0.2, 0.25) is 0 Å². The maximum absolute atomic E-state index is 10.8. The summed E-state index contributed by atoms with van der Waals surface area (Å²) in [5, 5.41) is 14.2. The summed E-state index contributed by atoms with van der Waals surface area (Å²) in [5.41, 5.74) is 2.19. The molecule has 5 heteroatoms. The summed E-state index contributed by atoms with van der Waals surface area (Å²) in [5.74, 6) is 1.06. The molecule has 1 atom stereocenters. The minimum absolute atomic E-state index is 0.119. The van der Waals surface area contributed by atoms with E-state index in [1.807, 2.05) is 30.0 Å². The van der Waals surface area contributed by atoms with Gasteiger partial charge in [0.15, 0.2) is 0 Å². The van der Waals surface area contributed by atoms with Crippen molar-refractivity contribution < 1.29 is 4.92 Å². The van der Waals surface area contributed by atoms with Crippen molar-refractivity contribution in [1.82, 2.24) is 0 Å². The van der Waals surface area contributed by atoms with Crippen LogP contribution in [-0.2, 0) is 0 Å². The van der Waals surface area contributed by atoms with Gasteiger partial charge in [-0.25, -0.2) is 0 Å². The van der Waals surface area contributed by atoms with Gasteiger partial charge in [0.05, 0.1) is 11.0 Å². The molecule has 0 bridgehead atoms. The quantitative estimate of drug-likeness (QED) is 0.677. The molecule has 0 radical (unpaired) electrons. The number of nitrogens with zero attached hydrogens (tertiary/aromatic N) is 1. The highest BCUT2D eigenvalue weighted by molar-refractivity contribution is 7.99. The van der Waals surface area contributed by atoms with Gasteiger partial charge in [-0.05, 0) is 24.1 Å². The molecular formula is C15H14N2O2S. The van der Waals surface area contributed by atoms with Crippen LogP contribution >= 0.6 is 11.8 Å². The molecule has 0 saturated carbocycles. The minimum Gasteiger partial charge on any atom is -0.378 e. The molecule has 1 aliphatic rings. The maximum Gasteiger partial charge on any atom is 0.271 e. The molecular weight excluding hydrogens is 272 g/mol. The average Bonchev–Trinajstić information content (AvgIpc) is 2.48. The van der Waals surface area contributed by atoms with Crippen molar-refractivity contribution in [3.63, 3.8) is 0 Å². The van der Waals surface area contributed by atoms with Crippen molar-refractivity contribution >= 4 is 23.1 Å². The van der Waals surface area contributed by atoms with Crippen LogP contribution in [-0.4, -0.2) is 10.7 Å². The summed E-state index contributed by atoms with van der Waals surface area (Å²) >= 11 is 1.86. The molecule has 4 nitrogen and oxygen atoms in total. The van der Waals surface area contributed by atoms with E-state index in [1.54, 1.807) is 12.1 Å². The van der Waals surface area contributed by atoms with E-state index in [-0.39, 0.29) is 16.7 Å². The number of non-ortho nitro benzene ring substituents is 1. The van der Waals surface area contributed by atoms with Gasteiger partial charge >= 0.3 is 0 Å². The summed E-state index contributed by atoms with van der Waals surface area (Å²) in [4.78, 5) is 11.7. The van der Waals surface area contributed by atoms with Crippen LogP contribution in [0.25, 0.3) is 0 Å². The van der Waals surface area contributed by atoms with E-state index in [2.05, 4.69) is 17.4 Å². The lowest BCUT2D eigenvalue weighted by Gasteiger charge is -2.26. The number of rotatable bonds is 3. The summed E-state index contributed by atoms with van der Waals surface area (Å²) in [6.07, 6.45) is 1.02.